The van der Waals surface area contributed by atoms with Crippen LogP contribution < -0.4 is 0 Å². The summed E-state index contributed by atoms with van der Waals surface area (Å²) in [5.74, 6) is 0.788. The SMILES string of the molecule is COC(C)c1nc(=S)c(C)c(C)[nH]1. The highest BCUT2D eigenvalue weighted by Gasteiger charge is 2.07. The van der Waals surface area contributed by atoms with Crippen molar-refractivity contribution in [1.82, 2.24) is 9.97 Å². The normalized spacial score (nSPS) is 12.9. The molecule has 0 aliphatic carbocycles. The Labute approximate surface area is 83.2 Å². The summed E-state index contributed by atoms with van der Waals surface area (Å²) in [7, 11) is 1.65. The Balaban J connectivity index is 3.21. The fourth-order valence-corrected chi connectivity index (χ4v) is 1.22. The molecule has 13 heavy (non-hydrogen) atoms. The van der Waals surface area contributed by atoms with Crippen LogP contribution in [0.15, 0.2) is 0 Å². The predicted octanol–water partition coefficient (Wildman–Crippen LogP) is 2.46. The number of ether oxygens (including phenoxy) is 1. The number of hydrogen-bond acceptors (Lipinski definition) is 3. The lowest BCUT2D eigenvalue weighted by atomic mass is 10.2. The van der Waals surface area contributed by atoms with Gasteiger partial charge in [0.05, 0.1) is 0 Å². The van der Waals surface area contributed by atoms with Crippen molar-refractivity contribution >= 4 is 12.2 Å². The van der Waals surface area contributed by atoms with Crippen molar-refractivity contribution in [1.29, 1.82) is 0 Å². The minimum Gasteiger partial charge on any atom is -0.374 e. The van der Waals surface area contributed by atoms with Crippen LogP contribution >= 0.6 is 12.2 Å². The van der Waals surface area contributed by atoms with E-state index < -0.39 is 0 Å². The van der Waals surface area contributed by atoms with E-state index in [2.05, 4.69) is 9.97 Å². The minimum atomic E-state index is -0.0407. The molecule has 0 amide bonds. The molecule has 1 atom stereocenters. The Morgan fingerprint density at radius 3 is 2.54 bits per heavy atom. The summed E-state index contributed by atoms with van der Waals surface area (Å²) >= 11 is 5.11. The van der Waals surface area contributed by atoms with E-state index in [-0.39, 0.29) is 6.10 Å². The highest BCUT2D eigenvalue weighted by Crippen LogP contribution is 2.13. The zero-order valence-corrected chi connectivity index (χ0v) is 9.16. The summed E-state index contributed by atoms with van der Waals surface area (Å²) in [6.07, 6.45) is -0.0407. The summed E-state index contributed by atoms with van der Waals surface area (Å²) in [5, 5.41) is 0. The lowest BCUT2D eigenvalue weighted by Crippen LogP contribution is -2.05. The Morgan fingerprint density at radius 2 is 2.08 bits per heavy atom. The summed E-state index contributed by atoms with van der Waals surface area (Å²) in [4.78, 5) is 7.40. The van der Waals surface area contributed by atoms with Gasteiger partial charge in [0.1, 0.15) is 16.6 Å². The van der Waals surface area contributed by atoms with E-state index in [1.54, 1.807) is 7.11 Å². The van der Waals surface area contributed by atoms with Crippen LogP contribution in [0.4, 0.5) is 0 Å². The van der Waals surface area contributed by atoms with Crippen LogP contribution in [0, 0.1) is 18.5 Å². The fraction of sp³-hybridized carbons (Fsp3) is 0.556. The third kappa shape index (κ3) is 2.14. The van der Waals surface area contributed by atoms with Crippen LogP contribution in [0.5, 0.6) is 0 Å². The first-order valence-corrected chi connectivity index (χ1v) is 4.57. The van der Waals surface area contributed by atoms with Gasteiger partial charge in [0, 0.05) is 18.4 Å². The van der Waals surface area contributed by atoms with E-state index in [1.807, 2.05) is 20.8 Å². The second-order valence-electron chi connectivity index (χ2n) is 3.06. The third-order valence-electron chi connectivity index (χ3n) is 2.16. The number of aromatic amines is 1. The molecule has 0 bridgehead atoms. The van der Waals surface area contributed by atoms with E-state index in [9.17, 15) is 0 Å². The number of aryl methyl sites for hydroxylation is 1. The first-order chi connectivity index (χ1) is 6.06. The summed E-state index contributed by atoms with van der Waals surface area (Å²) in [6.45, 7) is 5.88. The Kier molecular flexibility index (Phi) is 3.17. The van der Waals surface area contributed by atoms with E-state index in [1.165, 1.54) is 0 Å². The highest BCUT2D eigenvalue weighted by atomic mass is 32.1. The maximum absolute atomic E-state index is 5.15. The van der Waals surface area contributed by atoms with Gasteiger partial charge in [-0.1, -0.05) is 12.2 Å². The number of rotatable bonds is 2. The Morgan fingerprint density at radius 1 is 1.46 bits per heavy atom. The van der Waals surface area contributed by atoms with Gasteiger partial charge >= 0.3 is 0 Å². The third-order valence-corrected chi connectivity index (χ3v) is 2.56. The predicted molar refractivity (Wildman–Crippen MR) is 54.3 cm³/mol. The second kappa shape index (κ2) is 3.98. The molecule has 0 saturated carbocycles. The monoisotopic (exact) mass is 198 g/mol. The molecule has 0 spiro atoms. The number of hydrogen-bond donors (Lipinski definition) is 1. The summed E-state index contributed by atoms with van der Waals surface area (Å²) in [5.41, 5.74) is 2.08. The molecule has 3 nitrogen and oxygen atoms in total. The second-order valence-corrected chi connectivity index (χ2v) is 3.44. The molecular formula is C9H14N2OS. The number of nitrogens with zero attached hydrogens (tertiary/aromatic N) is 1. The van der Waals surface area contributed by atoms with Crippen LogP contribution in [0.3, 0.4) is 0 Å². The average Bonchev–Trinajstić information content (AvgIpc) is 2.12. The van der Waals surface area contributed by atoms with Crippen LogP contribution in [-0.4, -0.2) is 17.1 Å². The van der Waals surface area contributed by atoms with E-state index in [4.69, 9.17) is 17.0 Å². The Hall–Kier alpha value is -0.740. The van der Waals surface area contributed by atoms with E-state index >= 15 is 0 Å². The molecule has 72 valence electrons. The number of nitrogens with one attached hydrogen (secondary N) is 1. The van der Waals surface area contributed by atoms with Gasteiger partial charge in [-0.15, -0.1) is 0 Å². The molecule has 1 heterocycles. The zero-order chi connectivity index (χ0) is 10.0. The van der Waals surface area contributed by atoms with Crippen molar-refractivity contribution in [2.75, 3.05) is 7.11 Å². The molecule has 1 aromatic heterocycles. The van der Waals surface area contributed by atoms with Crippen LogP contribution in [0.2, 0.25) is 0 Å². The number of H-pyrrole nitrogens is 1. The van der Waals surface area contributed by atoms with Gasteiger partial charge in [-0.05, 0) is 20.8 Å². The Bertz CT molecular complexity index is 359. The quantitative estimate of drug-likeness (QED) is 0.742. The van der Waals surface area contributed by atoms with Gasteiger partial charge in [-0.2, -0.15) is 0 Å². The maximum atomic E-state index is 5.15. The van der Waals surface area contributed by atoms with Gasteiger partial charge in [-0.25, -0.2) is 4.98 Å². The molecule has 0 aromatic carbocycles. The van der Waals surface area contributed by atoms with Crippen molar-refractivity contribution in [2.45, 2.75) is 26.9 Å². The average molecular weight is 198 g/mol. The summed E-state index contributed by atoms with van der Waals surface area (Å²) in [6, 6.07) is 0. The van der Waals surface area contributed by atoms with Crippen molar-refractivity contribution in [3.05, 3.63) is 21.7 Å². The van der Waals surface area contributed by atoms with Crippen LogP contribution in [0.25, 0.3) is 0 Å². The minimum absolute atomic E-state index is 0.0407. The number of methoxy groups -OCH3 is 1. The molecular weight excluding hydrogens is 184 g/mol. The number of aromatic nitrogens is 2. The van der Waals surface area contributed by atoms with Crippen LogP contribution in [0.1, 0.15) is 30.1 Å². The van der Waals surface area contributed by atoms with Gasteiger partial charge in [0.2, 0.25) is 0 Å². The van der Waals surface area contributed by atoms with E-state index in [0.717, 1.165) is 17.1 Å². The molecule has 1 N–H and O–H groups in total. The van der Waals surface area contributed by atoms with Crippen molar-refractivity contribution in [3.8, 4) is 0 Å². The van der Waals surface area contributed by atoms with Gasteiger partial charge < -0.3 is 9.72 Å². The molecule has 1 aromatic rings. The van der Waals surface area contributed by atoms with E-state index in [0.29, 0.717) is 4.64 Å². The van der Waals surface area contributed by atoms with Crippen molar-refractivity contribution in [3.63, 3.8) is 0 Å². The molecule has 0 saturated heterocycles. The smallest absolute Gasteiger partial charge is 0.136 e. The van der Waals surface area contributed by atoms with Gasteiger partial charge in [0.15, 0.2) is 0 Å². The topological polar surface area (TPSA) is 37.9 Å². The lowest BCUT2D eigenvalue weighted by molar-refractivity contribution is 0.111. The molecule has 0 fully saturated rings. The van der Waals surface area contributed by atoms with Gasteiger partial charge in [-0.3, -0.25) is 0 Å². The zero-order valence-electron chi connectivity index (χ0n) is 8.34. The molecule has 1 rings (SSSR count). The highest BCUT2D eigenvalue weighted by molar-refractivity contribution is 7.71. The summed E-state index contributed by atoms with van der Waals surface area (Å²) < 4.78 is 5.79. The molecule has 0 aliphatic rings. The van der Waals surface area contributed by atoms with Crippen molar-refractivity contribution < 1.29 is 4.74 Å². The molecule has 0 aliphatic heterocycles. The van der Waals surface area contributed by atoms with Crippen LogP contribution in [-0.2, 0) is 4.74 Å². The molecule has 1 unspecified atom stereocenters. The standard InChI is InChI=1S/C9H14N2OS/c1-5-6(2)10-8(7(3)12-4)11-9(5)13/h7H,1-4H3,(H,10,11,13). The van der Waals surface area contributed by atoms with Crippen molar-refractivity contribution in [2.24, 2.45) is 0 Å². The fourth-order valence-electron chi connectivity index (χ4n) is 0.972. The molecule has 4 heteroatoms. The van der Waals surface area contributed by atoms with Gasteiger partial charge in [0.25, 0.3) is 0 Å². The first kappa shape index (κ1) is 10.3. The lowest BCUT2D eigenvalue weighted by Gasteiger charge is -2.10. The maximum Gasteiger partial charge on any atom is 0.136 e. The largest absolute Gasteiger partial charge is 0.374 e. The first-order valence-electron chi connectivity index (χ1n) is 4.16. The molecule has 0 radical (unpaired) electrons.